The van der Waals surface area contributed by atoms with Gasteiger partial charge in [0.15, 0.2) is 17.3 Å². The smallest absolute Gasteiger partial charge is 0.322 e. The van der Waals surface area contributed by atoms with Crippen LogP contribution in [0.25, 0.3) is 0 Å². The van der Waals surface area contributed by atoms with E-state index in [4.69, 9.17) is 18.9 Å². The van der Waals surface area contributed by atoms with E-state index in [0.29, 0.717) is 36.2 Å². The predicted octanol–water partition coefficient (Wildman–Crippen LogP) is 0.982. The first-order chi connectivity index (χ1) is 12.2. The molecule has 0 fully saturated rings. The Labute approximate surface area is 143 Å². The second-order valence-electron chi connectivity index (χ2n) is 4.89. The average Bonchev–Trinajstić information content (AvgIpc) is 2.66. The van der Waals surface area contributed by atoms with E-state index < -0.39 is 6.03 Å². The number of fused-ring (bicyclic) bond motifs is 1. The Morgan fingerprint density at radius 1 is 1.08 bits per heavy atom. The van der Waals surface area contributed by atoms with Crippen LogP contribution in [0.5, 0.6) is 23.5 Å². The van der Waals surface area contributed by atoms with Gasteiger partial charge in [-0.1, -0.05) is 0 Å². The number of carbonyl (C=O) groups excluding carboxylic acids is 1. The molecule has 25 heavy (non-hydrogen) atoms. The number of methoxy groups -OCH3 is 2. The standard InChI is InChI=1S/C15H17N5O5/c1-22-14-18-12(19-15(20-14)23-2)8-16-13(21)17-9-3-4-10-11(7-9)25-6-5-24-10/h3-4,7H,5-6,8H2,1-2H3,(H2,16,17,21). The van der Waals surface area contributed by atoms with E-state index in [1.807, 2.05) is 0 Å². The fraction of sp³-hybridized carbons (Fsp3) is 0.333. The number of aromatic nitrogens is 3. The number of nitrogens with one attached hydrogen (secondary N) is 2. The molecule has 0 atom stereocenters. The Balaban J connectivity index is 1.60. The number of nitrogens with zero attached hydrogens (tertiary/aromatic N) is 3. The quantitative estimate of drug-likeness (QED) is 0.822. The van der Waals surface area contributed by atoms with E-state index in [-0.39, 0.29) is 18.6 Å². The van der Waals surface area contributed by atoms with Crippen LogP contribution < -0.4 is 29.6 Å². The zero-order chi connectivity index (χ0) is 17.6. The minimum absolute atomic E-state index is 0.0750. The molecule has 0 bridgehead atoms. The summed E-state index contributed by atoms with van der Waals surface area (Å²) in [6.45, 7) is 1.07. The van der Waals surface area contributed by atoms with Crippen molar-refractivity contribution in [2.75, 3.05) is 32.8 Å². The summed E-state index contributed by atoms with van der Waals surface area (Å²) >= 11 is 0. The number of benzene rings is 1. The molecule has 2 aromatic rings. The first kappa shape index (κ1) is 16.6. The van der Waals surface area contributed by atoms with Gasteiger partial charge in [-0.25, -0.2) is 4.79 Å². The van der Waals surface area contributed by atoms with Crippen molar-refractivity contribution < 1.29 is 23.7 Å². The topological polar surface area (TPSA) is 117 Å². The van der Waals surface area contributed by atoms with Gasteiger partial charge in [0.25, 0.3) is 0 Å². The van der Waals surface area contributed by atoms with Crippen LogP contribution in [-0.4, -0.2) is 48.4 Å². The summed E-state index contributed by atoms with van der Waals surface area (Å²) in [5, 5.41) is 5.34. The molecule has 3 rings (SSSR count). The lowest BCUT2D eigenvalue weighted by atomic mass is 10.2. The third-order valence-corrected chi connectivity index (χ3v) is 3.21. The van der Waals surface area contributed by atoms with E-state index in [0.717, 1.165) is 0 Å². The summed E-state index contributed by atoms with van der Waals surface area (Å²) < 4.78 is 20.8. The average molecular weight is 347 g/mol. The minimum Gasteiger partial charge on any atom is -0.486 e. The molecule has 2 N–H and O–H groups in total. The molecule has 0 unspecified atom stereocenters. The van der Waals surface area contributed by atoms with Crippen LogP contribution in [0, 0.1) is 0 Å². The molecule has 1 aromatic heterocycles. The van der Waals surface area contributed by atoms with Crippen molar-refractivity contribution in [2.45, 2.75) is 6.54 Å². The first-order valence-corrected chi connectivity index (χ1v) is 7.45. The van der Waals surface area contributed by atoms with Crippen LogP contribution in [0.2, 0.25) is 0 Å². The zero-order valence-electron chi connectivity index (χ0n) is 13.7. The summed E-state index contributed by atoms with van der Waals surface area (Å²) in [7, 11) is 2.86. The summed E-state index contributed by atoms with van der Waals surface area (Å²) in [4.78, 5) is 24.0. The summed E-state index contributed by atoms with van der Waals surface area (Å²) in [6, 6.07) is 4.96. The van der Waals surface area contributed by atoms with E-state index in [1.165, 1.54) is 14.2 Å². The van der Waals surface area contributed by atoms with Crippen LogP contribution >= 0.6 is 0 Å². The first-order valence-electron chi connectivity index (χ1n) is 7.45. The maximum Gasteiger partial charge on any atom is 0.322 e. The van der Waals surface area contributed by atoms with Crippen molar-refractivity contribution in [2.24, 2.45) is 0 Å². The fourth-order valence-corrected chi connectivity index (χ4v) is 2.09. The van der Waals surface area contributed by atoms with Crippen molar-refractivity contribution >= 4 is 11.7 Å². The Morgan fingerprint density at radius 2 is 1.76 bits per heavy atom. The summed E-state index contributed by atoms with van der Waals surface area (Å²) in [6.07, 6.45) is 0. The molecule has 0 spiro atoms. The highest BCUT2D eigenvalue weighted by Gasteiger charge is 2.13. The Bertz CT molecular complexity index is 748. The second kappa shape index (κ2) is 7.51. The molecule has 10 heteroatoms. The lowest BCUT2D eigenvalue weighted by Crippen LogP contribution is -2.29. The highest BCUT2D eigenvalue weighted by Crippen LogP contribution is 2.32. The van der Waals surface area contributed by atoms with Crippen LogP contribution in [0.1, 0.15) is 5.82 Å². The van der Waals surface area contributed by atoms with E-state index in [1.54, 1.807) is 18.2 Å². The zero-order valence-corrected chi connectivity index (χ0v) is 13.7. The molecular weight excluding hydrogens is 330 g/mol. The third kappa shape index (κ3) is 4.16. The number of ether oxygens (including phenoxy) is 4. The number of hydrogen-bond acceptors (Lipinski definition) is 8. The number of anilines is 1. The molecular formula is C15H17N5O5. The molecule has 0 aliphatic carbocycles. The van der Waals surface area contributed by atoms with Gasteiger partial charge in [-0.15, -0.1) is 4.98 Å². The van der Waals surface area contributed by atoms with Crippen molar-refractivity contribution in [1.29, 1.82) is 0 Å². The van der Waals surface area contributed by atoms with Gasteiger partial charge >= 0.3 is 18.1 Å². The van der Waals surface area contributed by atoms with Crippen molar-refractivity contribution in [3.8, 4) is 23.5 Å². The van der Waals surface area contributed by atoms with Gasteiger partial charge in [0.2, 0.25) is 0 Å². The van der Waals surface area contributed by atoms with E-state index >= 15 is 0 Å². The molecule has 1 aliphatic rings. The van der Waals surface area contributed by atoms with Gasteiger partial charge in [-0.3, -0.25) is 0 Å². The van der Waals surface area contributed by atoms with Crippen LogP contribution in [0.4, 0.5) is 10.5 Å². The van der Waals surface area contributed by atoms with Gasteiger partial charge in [-0.2, -0.15) is 9.97 Å². The van der Waals surface area contributed by atoms with Crippen molar-refractivity contribution in [1.82, 2.24) is 20.3 Å². The fourth-order valence-electron chi connectivity index (χ4n) is 2.09. The third-order valence-electron chi connectivity index (χ3n) is 3.21. The monoisotopic (exact) mass is 347 g/mol. The molecule has 1 aromatic carbocycles. The lowest BCUT2D eigenvalue weighted by Gasteiger charge is -2.19. The Morgan fingerprint density at radius 3 is 2.44 bits per heavy atom. The van der Waals surface area contributed by atoms with E-state index in [2.05, 4.69) is 25.6 Å². The number of urea groups is 1. The van der Waals surface area contributed by atoms with Gasteiger partial charge in [-0.05, 0) is 12.1 Å². The number of rotatable bonds is 5. The molecule has 1 aliphatic heterocycles. The van der Waals surface area contributed by atoms with Crippen LogP contribution in [-0.2, 0) is 6.54 Å². The summed E-state index contributed by atoms with van der Waals surface area (Å²) in [5.74, 6) is 1.55. The minimum atomic E-state index is -0.421. The van der Waals surface area contributed by atoms with E-state index in [9.17, 15) is 4.79 Å². The predicted molar refractivity (Wildman–Crippen MR) is 86.2 cm³/mol. The van der Waals surface area contributed by atoms with Crippen LogP contribution in [0.3, 0.4) is 0 Å². The van der Waals surface area contributed by atoms with Gasteiger partial charge in [0, 0.05) is 11.8 Å². The normalized spacial score (nSPS) is 12.2. The molecule has 2 heterocycles. The highest BCUT2D eigenvalue weighted by atomic mass is 16.6. The Hall–Kier alpha value is -3.30. The molecule has 132 valence electrons. The highest BCUT2D eigenvalue weighted by molar-refractivity contribution is 5.89. The number of hydrogen-bond donors (Lipinski definition) is 2. The number of amides is 2. The SMILES string of the molecule is COc1nc(CNC(=O)Nc2ccc3c(c2)OCCO3)nc(OC)n1. The maximum atomic E-state index is 12.0. The second-order valence-corrected chi connectivity index (χ2v) is 4.89. The molecule has 0 radical (unpaired) electrons. The van der Waals surface area contributed by atoms with Crippen molar-refractivity contribution in [3.05, 3.63) is 24.0 Å². The largest absolute Gasteiger partial charge is 0.486 e. The molecule has 0 saturated heterocycles. The van der Waals surface area contributed by atoms with Crippen LogP contribution in [0.15, 0.2) is 18.2 Å². The Kier molecular flexibility index (Phi) is 4.97. The molecule has 10 nitrogen and oxygen atoms in total. The van der Waals surface area contributed by atoms with Gasteiger partial charge < -0.3 is 29.6 Å². The van der Waals surface area contributed by atoms with Gasteiger partial charge in [0.05, 0.1) is 20.8 Å². The maximum absolute atomic E-state index is 12.0. The summed E-state index contributed by atoms with van der Waals surface area (Å²) in [5.41, 5.74) is 0.576. The van der Waals surface area contributed by atoms with Gasteiger partial charge in [0.1, 0.15) is 13.2 Å². The van der Waals surface area contributed by atoms with Crippen molar-refractivity contribution in [3.63, 3.8) is 0 Å². The lowest BCUT2D eigenvalue weighted by molar-refractivity contribution is 0.171. The number of carbonyl (C=O) groups is 1. The molecule has 0 saturated carbocycles. The molecule has 2 amide bonds.